The first-order valence-electron chi connectivity index (χ1n) is 9.72. The Bertz CT molecular complexity index is 926. The lowest BCUT2D eigenvalue weighted by atomic mass is 9.77. The minimum absolute atomic E-state index is 0.192. The Labute approximate surface area is 173 Å². The van der Waals surface area contributed by atoms with Gasteiger partial charge in [-0.05, 0) is 23.4 Å². The van der Waals surface area contributed by atoms with Crippen LogP contribution in [0.2, 0.25) is 0 Å². The van der Waals surface area contributed by atoms with E-state index in [2.05, 4.69) is 62.6 Å². The van der Waals surface area contributed by atoms with E-state index in [1.807, 2.05) is 11.6 Å². The van der Waals surface area contributed by atoms with E-state index in [9.17, 15) is 4.79 Å². The van der Waals surface area contributed by atoms with Gasteiger partial charge in [0.15, 0.2) is 0 Å². The highest BCUT2D eigenvalue weighted by atomic mass is 32.1. The second-order valence-corrected chi connectivity index (χ2v) is 9.75. The van der Waals surface area contributed by atoms with Gasteiger partial charge in [0.05, 0.1) is 17.0 Å². The van der Waals surface area contributed by atoms with E-state index < -0.39 is 0 Å². The maximum Gasteiger partial charge on any atom is 0.231 e. The van der Waals surface area contributed by atoms with Crippen molar-refractivity contribution < 1.29 is 4.79 Å². The zero-order chi connectivity index (χ0) is 19.0. The van der Waals surface area contributed by atoms with Crippen LogP contribution in [0.4, 0.5) is 0 Å². The predicted molar refractivity (Wildman–Crippen MR) is 113 cm³/mol. The molecule has 0 N–H and O–H groups in total. The Balaban J connectivity index is 1.41. The van der Waals surface area contributed by atoms with Gasteiger partial charge in [-0.25, -0.2) is 4.98 Å². The Morgan fingerprint density at radius 1 is 1.07 bits per heavy atom. The summed E-state index contributed by atoms with van der Waals surface area (Å²) < 4.78 is 0. The van der Waals surface area contributed by atoms with Gasteiger partial charge in [0, 0.05) is 48.6 Å². The number of amides is 1. The smallest absolute Gasteiger partial charge is 0.231 e. The molecule has 1 amide bonds. The van der Waals surface area contributed by atoms with Crippen LogP contribution < -0.4 is 0 Å². The highest BCUT2D eigenvalue weighted by Crippen LogP contribution is 2.50. The first kappa shape index (κ1) is 18.0. The molecule has 28 heavy (non-hydrogen) atoms. The summed E-state index contributed by atoms with van der Waals surface area (Å²) in [4.78, 5) is 24.0. The predicted octanol–water partition coefficient (Wildman–Crippen LogP) is 4.22. The molecule has 4 nitrogen and oxygen atoms in total. The average Bonchev–Trinajstić information content (AvgIpc) is 3.49. The molecule has 2 aromatic heterocycles. The molecule has 0 saturated carbocycles. The van der Waals surface area contributed by atoms with Crippen molar-refractivity contribution in [1.29, 1.82) is 0 Å². The summed E-state index contributed by atoms with van der Waals surface area (Å²) in [6, 6.07) is 14.7. The van der Waals surface area contributed by atoms with Gasteiger partial charge >= 0.3 is 0 Å². The van der Waals surface area contributed by atoms with E-state index in [1.54, 1.807) is 22.7 Å². The number of aromatic nitrogens is 1. The Kier molecular flexibility index (Phi) is 4.78. The van der Waals surface area contributed by atoms with Crippen LogP contribution in [0, 0.1) is 5.41 Å². The lowest BCUT2D eigenvalue weighted by Gasteiger charge is -2.27. The monoisotopic (exact) mass is 409 g/mol. The molecule has 5 rings (SSSR count). The fourth-order valence-corrected chi connectivity index (χ4v) is 6.33. The normalized spacial score (nSPS) is 25.2. The molecule has 0 bridgehead atoms. The van der Waals surface area contributed by atoms with Gasteiger partial charge in [-0.2, -0.15) is 0 Å². The molecule has 0 radical (unpaired) electrons. The van der Waals surface area contributed by atoms with Crippen LogP contribution in [0.25, 0.3) is 0 Å². The van der Waals surface area contributed by atoms with Gasteiger partial charge in [0.2, 0.25) is 5.91 Å². The molecule has 4 heterocycles. The average molecular weight is 410 g/mol. The summed E-state index contributed by atoms with van der Waals surface area (Å²) in [6.07, 6.45) is 2.79. The lowest BCUT2D eigenvalue weighted by Crippen LogP contribution is -2.39. The van der Waals surface area contributed by atoms with Gasteiger partial charge in [0.1, 0.15) is 0 Å². The van der Waals surface area contributed by atoms with Crippen LogP contribution in [-0.4, -0.2) is 40.3 Å². The van der Waals surface area contributed by atoms with Gasteiger partial charge in [-0.15, -0.1) is 22.7 Å². The SMILES string of the molecule is O=C1N(Cc2cccs2)CC[C@@]12CN(Cc1ccccc1)C[C@@H]2c1nccs1. The molecule has 6 heteroatoms. The zero-order valence-electron chi connectivity index (χ0n) is 15.7. The molecule has 2 atom stereocenters. The fourth-order valence-electron chi connectivity index (χ4n) is 4.76. The quantitative estimate of drug-likeness (QED) is 0.633. The lowest BCUT2D eigenvalue weighted by molar-refractivity contribution is -0.136. The molecule has 2 aliphatic rings. The second-order valence-electron chi connectivity index (χ2n) is 7.79. The van der Waals surface area contributed by atoms with Crippen LogP contribution >= 0.6 is 22.7 Å². The Hall–Kier alpha value is -2.02. The number of carbonyl (C=O) groups is 1. The van der Waals surface area contributed by atoms with E-state index in [0.717, 1.165) is 44.2 Å². The number of rotatable bonds is 5. The van der Waals surface area contributed by atoms with Gasteiger partial charge in [-0.1, -0.05) is 36.4 Å². The van der Waals surface area contributed by atoms with Crippen molar-refractivity contribution in [3.63, 3.8) is 0 Å². The van der Waals surface area contributed by atoms with E-state index >= 15 is 0 Å². The van der Waals surface area contributed by atoms with Crippen molar-refractivity contribution in [2.75, 3.05) is 19.6 Å². The zero-order valence-corrected chi connectivity index (χ0v) is 17.3. The number of nitrogens with zero attached hydrogens (tertiary/aromatic N) is 3. The molecule has 0 aliphatic carbocycles. The fraction of sp³-hybridized carbons (Fsp3) is 0.364. The topological polar surface area (TPSA) is 36.4 Å². The largest absolute Gasteiger partial charge is 0.337 e. The van der Waals surface area contributed by atoms with E-state index in [4.69, 9.17) is 0 Å². The van der Waals surface area contributed by atoms with Crippen LogP contribution in [0.3, 0.4) is 0 Å². The summed E-state index contributed by atoms with van der Waals surface area (Å²) in [7, 11) is 0. The highest BCUT2D eigenvalue weighted by molar-refractivity contribution is 7.10. The molecule has 2 saturated heterocycles. The number of carbonyl (C=O) groups excluding carboxylic acids is 1. The van der Waals surface area contributed by atoms with Crippen molar-refractivity contribution in [3.05, 3.63) is 74.9 Å². The molecular weight excluding hydrogens is 386 g/mol. The van der Waals surface area contributed by atoms with Crippen LogP contribution in [-0.2, 0) is 17.9 Å². The van der Waals surface area contributed by atoms with Crippen molar-refractivity contribution in [1.82, 2.24) is 14.8 Å². The first-order chi connectivity index (χ1) is 13.7. The number of thiophene rings is 1. The standard InChI is InChI=1S/C22H23N3OS2/c26-21-22(8-10-25(21)14-18-7-4-11-27-18)16-24(13-17-5-2-1-3-6-17)15-19(22)20-23-9-12-28-20/h1-7,9,11-12,19H,8,10,13-16H2/t19-,22+/m1/s1. The first-order valence-corrected chi connectivity index (χ1v) is 11.5. The Morgan fingerprint density at radius 2 is 1.96 bits per heavy atom. The molecule has 1 aromatic carbocycles. The summed E-state index contributed by atoms with van der Waals surface area (Å²) in [5, 5.41) is 5.23. The third kappa shape index (κ3) is 3.19. The molecule has 2 aliphatic heterocycles. The van der Waals surface area contributed by atoms with E-state index in [0.29, 0.717) is 5.91 Å². The minimum atomic E-state index is -0.329. The van der Waals surface area contributed by atoms with Gasteiger partial charge in [-0.3, -0.25) is 9.69 Å². The van der Waals surface area contributed by atoms with E-state index in [1.165, 1.54) is 10.4 Å². The number of benzene rings is 1. The Morgan fingerprint density at radius 3 is 2.71 bits per heavy atom. The summed E-state index contributed by atoms with van der Waals surface area (Å²) in [6.45, 7) is 4.20. The molecule has 3 aromatic rings. The minimum Gasteiger partial charge on any atom is -0.337 e. The van der Waals surface area contributed by atoms with Crippen molar-refractivity contribution in [2.45, 2.75) is 25.4 Å². The number of hydrogen-bond acceptors (Lipinski definition) is 5. The number of hydrogen-bond donors (Lipinski definition) is 0. The van der Waals surface area contributed by atoms with Gasteiger partial charge < -0.3 is 4.90 Å². The van der Waals surface area contributed by atoms with Crippen molar-refractivity contribution in [3.8, 4) is 0 Å². The summed E-state index contributed by atoms with van der Waals surface area (Å²) in [5.74, 6) is 0.508. The van der Waals surface area contributed by atoms with Crippen LogP contribution in [0.5, 0.6) is 0 Å². The highest BCUT2D eigenvalue weighted by Gasteiger charge is 2.57. The molecule has 0 unspecified atom stereocenters. The van der Waals surface area contributed by atoms with Crippen molar-refractivity contribution >= 4 is 28.6 Å². The second kappa shape index (κ2) is 7.43. The third-order valence-electron chi connectivity index (χ3n) is 6.08. The molecule has 144 valence electrons. The van der Waals surface area contributed by atoms with Crippen molar-refractivity contribution in [2.24, 2.45) is 5.41 Å². The maximum absolute atomic E-state index is 13.6. The van der Waals surface area contributed by atoms with E-state index in [-0.39, 0.29) is 11.3 Å². The number of thiazole rings is 1. The van der Waals surface area contributed by atoms with Crippen LogP contribution in [0.1, 0.15) is 27.8 Å². The molecule has 2 fully saturated rings. The number of likely N-dealkylation sites (tertiary alicyclic amines) is 2. The van der Waals surface area contributed by atoms with Crippen LogP contribution in [0.15, 0.2) is 59.4 Å². The molecular formula is C22H23N3OS2. The van der Waals surface area contributed by atoms with Gasteiger partial charge in [0.25, 0.3) is 0 Å². The maximum atomic E-state index is 13.6. The summed E-state index contributed by atoms with van der Waals surface area (Å²) >= 11 is 3.42. The third-order valence-corrected chi connectivity index (χ3v) is 7.83. The summed E-state index contributed by atoms with van der Waals surface area (Å²) in [5.41, 5.74) is 0.975. The molecule has 1 spiro atoms.